The predicted molar refractivity (Wildman–Crippen MR) is 83.0 cm³/mol. The number of sulfonamides is 1. The molecule has 8 heteroatoms. The van der Waals surface area contributed by atoms with Gasteiger partial charge in [-0.05, 0) is 42.5 Å². The van der Waals surface area contributed by atoms with Gasteiger partial charge in [0.1, 0.15) is 10.8 Å². The maximum absolute atomic E-state index is 13.5. The molecule has 1 aliphatic heterocycles. The Morgan fingerprint density at radius 3 is 2.65 bits per heavy atom. The van der Waals surface area contributed by atoms with Gasteiger partial charge < -0.3 is 5.73 Å². The van der Waals surface area contributed by atoms with E-state index in [-0.39, 0.29) is 21.5 Å². The number of nitrogens with two attached hydrogens (primary N) is 1. The highest BCUT2D eigenvalue weighted by Gasteiger charge is 2.23. The molecule has 1 aromatic rings. The Hall–Kier alpha value is -0.700. The molecule has 0 bridgehead atoms. The number of halogens is 1. The van der Waals surface area contributed by atoms with Crippen molar-refractivity contribution in [3.8, 4) is 0 Å². The molecule has 110 valence electrons. The van der Waals surface area contributed by atoms with Gasteiger partial charge in [0.25, 0.3) is 0 Å². The van der Waals surface area contributed by atoms with Crippen molar-refractivity contribution in [2.45, 2.75) is 23.8 Å². The van der Waals surface area contributed by atoms with Crippen LogP contribution in [0.5, 0.6) is 0 Å². The molecule has 0 atom stereocenters. The molecule has 1 aromatic carbocycles. The summed E-state index contributed by atoms with van der Waals surface area (Å²) in [6.07, 6.45) is 1.60. The first kappa shape index (κ1) is 15.7. The van der Waals surface area contributed by atoms with Crippen molar-refractivity contribution in [3.05, 3.63) is 29.6 Å². The van der Waals surface area contributed by atoms with Gasteiger partial charge in [-0.25, -0.2) is 17.5 Å². The summed E-state index contributed by atoms with van der Waals surface area (Å²) in [6.45, 7) is 0. The number of nitrogens with one attached hydrogen (secondary N) is 1. The van der Waals surface area contributed by atoms with Gasteiger partial charge in [-0.3, -0.25) is 0 Å². The monoisotopic (exact) mass is 334 g/mol. The molecular formula is C12H15FN2O2S3. The van der Waals surface area contributed by atoms with Crippen molar-refractivity contribution in [2.75, 3.05) is 11.5 Å². The van der Waals surface area contributed by atoms with E-state index < -0.39 is 15.8 Å². The minimum Gasteiger partial charge on any atom is -0.389 e. The lowest BCUT2D eigenvalue weighted by Crippen LogP contribution is -2.37. The standard InChI is InChI=1S/C12H15FN2O2S3/c13-11-2-1-9(7-10(11)12(14)18)20(16,17)15-8-3-5-19-6-4-8/h1-2,7-8,15H,3-6H2,(H2,14,18). The number of rotatable bonds is 4. The second kappa shape index (κ2) is 6.38. The van der Waals surface area contributed by atoms with E-state index in [0.29, 0.717) is 0 Å². The second-order valence-electron chi connectivity index (χ2n) is 4.51. The van der Waals surface area contributed by atoms with E-state index in [1.165, 1.54) is 12.1 Å². The fourth-order valence-corrected chi connectivity index (χ4v) is 4.56. The molecular weight excluding hydrogens is 319 g/mol. The zero-order chi connectivity index (χ0) is 14.8. The number of thioether (sulfide) groups is 1. The number of benzene rings is 1. The van der Waals surface area contributed by atoms with Crippen LogP contribution in [-0.4, -0.2) is 31.0 Å². The molecule has 0 saturated carbocycles. The molecule has 4 nitrogen and oxygen atoms in total. The van der Waals surface area contributed by atoms with Gasteiger partial charge in [-0.15, -0.1) is 0 Å². The van der Waals surface area contributed by atoms with Crippen LogP contribution in [0.4, 0.5) is 4.39 Å². The molecule has 1 aliphatic rings. The molecule has 1 saturated heterocycles. The fraction of sp³-hybridized carbons (Fsp3) is 0.417. The Labute approximate surface area is 127 Å². The van der Waals surface area contributed by atoms with Gasteiger partial charge in [0, 0.05) is 11.6 Å². The zero-order valence-electron chi connectivity index (χ0n) is 10.6. The van der Waals surface area contributed by atoms with Crippen LogP contribution in [0.3, 0.4) is 0 Å². The summed E-state index contributed by atoms with van der Waals surface area (Å²) in [4.78, 5) is -0.173. The van der Waals surface area contributed by atoms with Crippen molar-refractivity contribution in [1.82, 2.24) is 4.72 Å². The molecule has 0 radical (unpaired) electrons. The molecule has 1 fully saturated rings. The highest BCUT2D eigenvalue weighted by molar-refractivity contribution is 7.99. The van der Waals surface area contributed by atoms with Crippen molar-refractivity contribution < 1.29 is 12.8 Å². The smallest absolute Gasteiger partial charge is 0.240 e. The minimum absolute atomic E-state index is 0.0140. The molecule has 0 aromatic heterocycles. The Morgan fingerprint density at radius 1 is 1.40 bits per heavy atom. The maximum atomic E-state index is 13.5. The van der Waals surface area contributed by atoms with Crippen LogP contribution in [0.1, 0.15) is 18.4 Å². The summed E-state index contributed by atoms with van der Waals surface area (Å²) in [5.41, 5.74) is 5.33. The summed E-state index contributed by atoms with van der Waals surface area (Å²) < 4.78 is 40.7. The minimum atomic E-state index is -3.67. The van der Waals surface area contributed by atoms with E-state index in [1.54, 1.807) is 0 Å². The number of hydrogen-bond donors (Lipinski definition) is 2. The zero-order valence-corrected chi connectivity index (χ0v) is 13.1. The van der Waals surface area contributed by atoms with Crippen LogP contribution in [0.25, 0.3) is 0 Å². The Kier molecular flexibility index (Phi) is 5.00. The van der Waals surface area contributed by atoms with Gasteiger partial charge in [0.15, 0.2) is 0 Å². The van der Waals surface area contributed by atoms with Gasteiger partial charge >= 0.3 is 0 Å². The van der Waals surface area contributed by atoms with Crippen LogP contribution in [0.15, 0.2) is 23.1 Å². The molecule has 3 N–H and O–H groups in total. The second-order valence-corrected chi connectivity index (χ2v) is 7.89. The molecule has 0 aliphatic carbocycles. The lowest BCUT2D eigenvalue weighted by Gasteiger charge is -2.22. The lowest BCUT2D eigenvalue weighted by atomic mass is 10.2. The van der Waals surface area contributed by atoms with Crippen LogP contribution >= 0.6 is 24.0 Å². The summed E-state index contributed by atoms with van der Waals surface area (Å²) in [6, 6.07) is 3.40. The SMILES string of the molecule is NC(=S)c1cc(S(=O)(=O)NC2CCSCC2)ccc1F. The third-order valence-electron chi connectivity index (χ3n) is 3.06. The van der Waals surface area contributed by atoms with E-state index in [9.17, 15) is 12.8 Å². The highest BCUT2D eigenvalue weighted by atomic mass is 32.2. The average Bonchev–Trinajstić information content (AvgIpc) is 2.39. The summed E-state index contributed by atoms with van der Waals surface area (Å²) in [5.74, 6) is 1.26. The van der Waals surface area contributed by atoms with Crippen LogP contribution < -0.4 is 10.5 Å². The molecule has 1 heterocycles. The highest BCUT2D eigenvalue weighted by Crippen LogP contribution is 2.20. The summed E-state index contributed by atoms with van der Waals surface area (Å²) >= 11 is 6.52. The van der Waals surface area contributed by atoms with Gasteiger partial charge in [0.2, 0.25) is 10.0 Å². The molecule has 20 heavy (non-hydrogen) atoms. The summed E-state index contributed by atoms with van der Waals surface area (Å²) in [7, 11) is -3.67. The van der Waals surface area contributed by atoms with Gasteiger partial charge in [-0.2, -0.15) is 11.8 Å². The molecule has 0 unspecified atom stereocenters. The first-order chi connectivity index (χ1) is 9.40. The van der Waals surface area contributed by atoms with E-state index in [2.05, 4.69) is 4.72 Å². The van der Waals surface area contributed by atoms with Crippen LogP contribution in [-0.2, 0) is 10.0 Å². The van der Waals surface area contributed by atoms with Crippen molar-refractivity contribution >= 4 is 39.0 Å². The van der Waals surface area contributed by atoms with E-state index >= 15 is 0 Å². The third kappa shape index (κ3) is 3.69. The predicted octanol–water partition coefficient (Wildman–Crippen LogP) is 1.63. The topological polar surface area (TPSA) is 72.2 Å². The normalized spacial score (nSPS) is 17.1. The van der Waals surface area contributed by atoms with Gasteiger partial charge in [0.05, 0.1) is 4.90 Å². The number of thiocarbonyl (C=S) groups is 1. The molecule has 2 rings (SSSR count). The fourth-order valence-electron chi connectivity index (χ4n) is 1.96. The van der Waals surface area contributed by atoms with Crippen LogP contribution in [0.2, 0.25) is 0 Å². The van der Waals surface area contributed by atoms with Crippen molar-refractivity contribution in [1.29, 1.82) is 0 Å². The summed E-state index contributed by atoms with van der Waals surface area (Å²) in [5, 5.41) is 0. The van der Waals surface area contributed by atoms with E-state index in [1.807, 2.05) is 11.8 Å². The Bertz CT molecular complexity index is 613. The van der Waals surface area contributed by atoms with Crippen LogP contribution in [0, 0.1) is 5.82 Å². The lowest BCUT2D eigenvalue weighted by molar-refractivity contribution is 0.528. The number of hydrogen-bond acceptors (Lipinski definition) is 4. The van der Waals surface area contributed by atoms with Crippen molar-refractivity contribution in [3.63, 3.8) is 0 Å². The Balaban J connectivity index is 2.24. The first-order valence-corrected chi connectivity index (χ1v) is 9.14. The van der Waals surface area contributed by atoms with Gasteiger partial charge in [-0.1, -0.05) is 12.2 Å². The molecule has 0 amide bonds. The third-order valence-corrected chi connectivity index (χ3v) is 5.84. The maximum Gasteiger partial charge on any atom is 0.240 e. The quantitative estimate of drug-likeness (QED) is 0.819. The molecule has 0 spiro atoms. The largest absolute Gasteiger partial charge is 0.389 e. The van der Waals surface area contributed by atoms with E-state index in [4.69, 9.17) is 18.0 Å². The Morgan fingerprint density at radius 2 is 2.05 bits per heavy atom. The van der Waals surface area contributed by atoms with E-state index in [0.717, 1.165) is 30.4 Å². The first-order valence-electron chi connectivity index (χ1n) is 6.09. The van der Waals surface area contributed by atoms with Crippen molar-refractivity contribution in [2.24, 2.45) is 5.73 Å². The average molecular weight is 334 g/mol.